The molecule has 62 valence electrons. The predicted molar refractivity (Wildman–Crippen MR) is 45.2 cm³/mol. The highest BCUT2D eigenvalue weighted by atomic mass is 16.1. The molecule has 0 saturated carbocycles. The summed E-state index contributed by atoms with van der Waals surface area (Å²) in [5, 5.41) is 0. The largest absolute Gasteiger partial charge is 0.322 e. The first kappa shape index (κ1) is 7.09. The zero-order chi connectivity index (χ0) is 8.55. The minimum Gasteiger partial charge on any atom is -0.322 e. The van der Waals surface area contributed by atoms with Crippen molar-refractivity contribution in [2.45, 2.75) is 13.3 Å². The molecule has 0 atom stereocenters. The number of H-pyrrole nitrogens is 1. The van der Waals surface area contributed by atoms with Crippen molar-refractivity contribution in [3.8, 4) is 0 Å². The highest BCUT2D eigenvalue weighted by Gasteiger charge is 1.99. The Bertz CT molecular complexity index is 455. The van der Waals surface area contributed by atoms with Crippen LogP contribution in [0.4, 0.5) is 0 Å². The van der Waals surface area contributed by atoms with E-state index in [1.54, 1.807) is 16.8 Å². The number of hydrogen-bond acceptors (Lipinski definition) is 2. The molecule has 0 amide bonds. The number of fused-ring (bicyclic) bond motifs is 1. The van der Waals surface area contributed by atoms with E-state index in [2.05, 4.69) is 9.97 Å². The van der Waals surface area contributed by atoms with Gasteiger partial charge >= 0.3 is 0 Å². The monoisotopic (exact) mass is 163 g/mol. The topological polar surface area (TPSA) is 50.2 Å². The average molecular weight is 163 g/mol. The lowest BCUT2D eigenvalue weighted by Crippen LogP contribution is -2.12. The fourth-order valence-electron chi connectivity index (χ4n) is 1.17. The van der Waals surface area contributed by atoms with Gasteiger partial charge < -0.3 is 9.38 Å². The Hall–Kier alpha value is -1.58. The van der Waals surface area contributed by atoms with Gasteiger partial charge in [0.15, 0.2) is 0 Å². The zero-order valence-electron chi connectivity index (χ0n) is 6.74. The van der Waals surface area contributed by atoms with Crippen molar-refractivity contribution in [1.29, 1.82) is 0 Å². The first-order valence-electron chi connectivity index (χ1n) is 3.86. The summed E-state index contributed by atoms with van der Waals surface area (Å²) in [6, 6.07) is 0. The number of nitrogens with zero attached hydrogens (tertiary/aromatic N) is 2. The molecular formula is C8H9N3O. The van der Waals surface area contributed by atoms with Crippen LogP contribution < -0.4 is 5.56 Å². The number of aromatic amines is 1. The first-order chi connectivity index (χ1) is 5.81. The first-order valence-corrected chi connectivity index (χ1v) is 3.86. The molecule has 0 saturated heterocycles. The molecule has 0 aliphatic heterocycles. The van der Waals surface area contributed by atoms with Crippen LogP contribution in [-0.2, 0) is 6.42 Å². The molecule has 0 bridgehead atoms. The van der Waals surface area contributed by atoms with Crippen LogP contribution in [0.15, 0.2) is 23.4 Å². The van der Waals surface area contributed by atoms with Crippen LogP contribution in [0.3, 0.4) is 0 Å². The summed E-state index contributed by atoms with van der Waals surface area (Å²) in [5.41, 5.74) is 1.25. The van der Waals surface area contributed by atoms with Gasteiger partial charge in [-0.05, 0) is 6.42 Å². The van der Waals surface area contributed by atoms with Gasteiger partial charge in [-0.1, -0.05) is 6.92 Å². The normalized spacial score (nSPS) is 10.8. The van der Waals surface area contributed by atoms with Crippen LogP contribution >= 0.6 is 0 Å². The third-order valence-corrected chi connectivity index (χ3v) is 1.82. The quantitative estimate of drug-likeness (QED) is 0.668. The molecule has 0 fully saturated rings. The summed E-state index contributed by atoms with van der Waals surface area (Å²) in [6.07, 6.45) is 6.08. The van der Waals surface area contributed by atoms with Crippen LogP contribution in [0.25, 0.3) is 5.65 Å². The average Bonchev–Trinajstić information content (AvgIpc) is 2.52. The van der Waals surface area contributed by atoms with Crippen molar-refractivity contribution in [1.82, 2.24) is 14.4 Å². The Kier molecular flexibility index (Phi) is 1.46. The molecule has 2 rings (SSSR count). The summed E-state index contributed by atoms with van der Waals surface area (Å²) in [7, 11) is 0. The maximum Gasteiger partial charge on any atom is 0.291 e. The van der Waals surface area contributed by atoms with Crippen LogP contribution in [0, 0.1) is 0 Å². The van der Waals surface area contributed by atoms with Crippen LogP contribution in [0.1, 0.15) is 12.6 Å². The lowest BCUT2D eigenvalue weighted by atomic mass is 10.3. The molecule has 2 aromatic rings. The predicted octanol–water partition coefficient (Wildman–Crippen LogP) is 0.585. The van der Waals surface area contributed by atoms with Gasteiger partial charge in [0.05, 0.1) is 0 Å². The fourth-order valence-corrected chi connectivity index (χ4v) is 1.17. The Labute approximate surface area is 68.9 Å². The Balaban J connectivity index is 2.84. The number of aromatic nitrogens is 3. The molecule has 4 heteroatoms. The van der Waals surface area contributed by atoms with E-state index < -0.39 is 0 Å². The molecule has 0 unspecified atom stereocenters. The van der Waals surface area contributed by atoms with E-state index in [4.69, 9.17) is 0 Å². The van der Waals surface area contributed by atoms with Gasteiger partial charge in [-0.3, -0.25) is 4.79 Å². The SMILES string of the molecule is CCc1cn2ccnc2c(=O)[nH]1. The molecule has 0 aromatic carbocycles. The van der Waals surface area contributed by atoms with E-state index in [0.717, 1.165) is 12.1 Å². The molecule has 12 heavy (non-hydrogen) atoms. The van der Waals surface area contributed by atoms with E-state index in [1.807, 2.05) is 13.1 Å². The lowest BCUT2D eigenvalue weighted by Gasteiger charge is -1.96. The smallest absolute Gasteiger partial charge is 0.291 e. The van der Waals surface area contributed by atoms with Crippen molar-refractivity contribution in [3.63, 3.8) is 0 Å². The van der Waals surface area contributed by atoms with Gasteiger partial charge in [0, 0.05) is 24.3 Å². The number of imidazole rings is 1. The minimum atomic E-state index is -0.126. The molecule has 1 N–H and O–H groups in total. The number of hydrogen-bond donors (Lipinski definition) is 1. The van der Waals surface area contributed by atoms with Crippen LogP contribution in [0.2, 0.25) is 0 Å². The molecule has 2 aromatic heterocycles. The summed E-state index contributed by atoms with van der Waals surface area (Å²) < 4.78 is 1.73. The molecule has 4 nitrogen and oxygen atoms in total. The molecule has 0 aliphatic carbocycles. The third-order valence-electron chi connectivity index (χ3n) is 1.82. The van der Waals surface area contributed by atoms with Crippen LogP contribution in [-0.4, -0.2) is 14.4 Å². The summed E-state index contributed by atoms with van der Waals surface area (Å²) in [5.74, 6) is 0. The van der Waals surface area contributed by atoms with Gasteiger partial charge in [-0.15, -0.1) is 0 Å². The summed E-state index contributed by atoms with van der Waals surface area (Å²) >= 11 is 0. The van der Waals surface area contributed by atoms with Gasteiger partial charge in [-0.25, -0.2) is 4.98 Å². The highest BCUT2D eigenvalue weighted by molar-refractivity contribution is 5.34. The van der Waals surface area contributed by atoms with E-state index in [9.17, 15) is 4.79 Å². The van der Waals surface area contributed by atoms with E-state index in [-0.39, 0.29) is 5.56 Å². The summed E-state index contributed by atoms with van der Waals surface area (Å²) in [4.78, 5) is 17.9. The van der Waals surface area contributed by atoms with Crippen molar-refractivity contribution >= 4 is 5.65 Å². The molecular weight excluding hydrogens is 154 g/mol. The van der Waals surface area contributed by atoms with Crippen molar-refractivity contribution < 1.29 is 0 Å². The Morgan fingerprint density at radius 1 is 1.67 bits per heavy atom. The standard InChI is InChI=1S/C8H9N3O/c1-2-6-5-11-4-3-9-7(11)8(12)10-6/h3-5H,2H2,1H3,(H,10,12). The highest BCUT2D eigenvalue weighted by Crippen LogP contribution is 1.96. The van der Waals surface area contributed by atoms with E-state index in [1.165, 1.54) is 0 Å². The van der Waals surface area contributed by atoms with Gasteiger partial charge in [0.2, 0.25) is 5.65 Å². The van der Waals surface area contributed by atoms with E-state index in [0.29, 0.717) is 5.65 Å². The molecule has 0 radical (unpaired) electrons. The molecule has 0 aliphatic rings. The third kappa shape index (κ3) is 0.922. The van der Waals surface area contributed by atoms with Gasteiger partial charge in [0.1, 0.15) is 0 Å². The van der Waals surface area contributed by atoms with Crippen LogP contribution in [0.5, 0.6) is 0 Å². The van der Waals surface area contributed by atoms with Crippen molar-refractivity contribution in [2.75, 3.05) is 0 Å². The lowest BCUT2D eigenvalue weighted by molar-refractivity contribution is 0.958. The number of aryl methyl sites for hydroxylation is 1. The number of nitrogens with one attached hydrogen (secondary N) is 1. The molecule has 0 spiro atoms. The second-order valence-electron chi connectivity index (χ2n) is 2.62. The Morgan fingerprint density at radius 3 is 3.25 bits per heavy atom. The zero-order valence-corrected chi connectivity index (χ0v) is 6.74. The maximum atomic E-state index is 11.3. The second-order valence-corrected chi connectivity index (χ2v) is 2.62. The minimum absolute atomic E-state index is 0.126. The van der Waals surface area contributed by atoms with Crippen molar-refractivity contribution in [2.24, 2.45) is 0 Å². The van der Waals surface area contributed by atoms with E-state index >= 15 is 0 Å². The molecule has 2 heterocycles. The van der Waals surface area contributed by atoms with Gasteiger partial charge in [-0.2, -0.15) is 0 Å². The summed E-state index contributed by atoms with van der Waals surface area (Å²) in [6.45, 7) is 1.99. The van der Waals surface area contributed by atoms with Crippen molar-refractivity contribution in [3.05, 3.63) is 34.6 Å². The van der Waals surface area contributed by atoms with Gasteiger partial charge in [0.25, 0.3) is 5.56 Å². The number of rotatable bonds is 1. The second kappa shape index (κ2) is 2.48. The maximum absolute atomic E-state index is 11.3. The fraction of sp³-hybridized carbons (Fsp3) is 0.250. The Morgan fingerprint density at radius 2 is 2.50 bits per heavy atom.